The van der Waals surface area contributed by atoms with E-state index in [4.69, 9.17) is 0 Å². The Balaban J connectivity index is 2.15. The first kappa shape index (κ1) is 8.73. The molecule has 15 heavy (non-hydrogen) atoms. The van der Waals surface area contributed by atoms with Crippen LogP contribution < -0.4 is 5.32 Å². The van der Waals surface area contributed by atoms with Gasteiger partial charge in [0.05, 0.1) is 11.8 Å². The van der Waals surface area contributed by atoms with E-state index in [0.29, 0.717) is 11.6 Å². The van der Waals surface area contributed by atoms with Gasteiger partial charge in [0.2, 0.25) is 0 Å². The summed E-state index contributed by atoms with van der Waals surface area (Å²) >= 11 is 0. The largest absolute Gasteiger partial charge is 0.506 e. The number of benzene rings is 1. The van der Waals surface area contributed by atoms with Gasteiger partial charge in [0.25, 0.3) is 0 Å². The van der Waals surface area contributed by atoms with Crippen LogP contribution in [0.4, 0.5) is 0 Å². The molecule has 2 N–H and O–H groups in total. The molecular formula is C11H13N3O. The van der Waals surface area contributed by atoms with Crippen molar-refractivity contribution in [3.8, 4) is 5.75 Å². The summed E-state index contributed by atoms with van der Waals surface area (Å²) in [6.07, 6.45) is 2.95. The number of fused-ring (bicyclic) bond motifs is 1. The van der Waals surface area contributed by atoms with Gasteiger partial charge in [0.1, 0.15) is 11.3 Å². The molecule has 3 rings (SSSR count). The second-order valence-electron chi connectivity index (χ2n) is 3.94. The fraction of sp³-hybridized carbons (Fsp3) is 0.364. The molecular weight excluding hydrogens is 190 g/mol. The quantitative estimate of drug-likeness (QED) is 0.734. The molecule has 2 heterocycles. The zero-order valence-electron chi connectivity index (χ0n) is 8.35. The van der Waals surface area contributed by atoms with Crippen molar-refractivity contribution < 1.29 is 5.11 Å². The van der Waals surface area contributed by atoms with Gasteiger partial charge < -0.3 is 15.0 Å². The van der Waals surface area contributed by atoms with Crippen molar-refractivity contribution >= 4 is 11.0 Å². The molecule has 1 aliphatic heterocycles. The predicted molar refractivity (Wildman–Crippen MR) is 57.9 cm³/mol. The third kappa shape index (κ3) is 1.29. The number of hydrogen-bond donors (Lipinski definition) is 2. The van der Waals surface area contributed by atoms with Crippen molar-refractivity contribution in [2.75, 3.05) is 13.1 Å². The summed E-state index contributed by atoms with van der Waals surface area (Å²) < 4.78 is 2.15. The summed E-state index contributed by atoms with van der Waals surface area (Å²) in [5.41, 5.74) is 1.72. The Hall–Kier alpha value is -1.55. The molecule has 1 aliphatic rings. The number of hydrogen-bond acceptors (Lipinski definition) is 3. The molecule has 0 amide bonds. The van der Waals surface area contributed by atoms with E-state index < -0.39 is 0 Å². The second-order valence-corrected chi connectivity index (χ2v) is 3.94. The van der Waals surface area contributed by atoms with Crippen LogP contribution in [0, 0.1) is 0 Å². The van der Waals surface area contributed by atoms with Crippen molar-refractivity contribution in [1.29, 1.82) is 0 Å². The molecule has 1 aromatic heterocycles. The Bertz CT molecular complexity index is 486. The lowest BCUT2D eigenvalue weighted by molar-refractivity contribution is 0.480. The van der Waals surface area contributed by atoms with E-state index in [0.717, 1.165) is 25.0 Å². The normalized spacial score (nSPS) is 21.2. The lowest BCUT2D eigenvalue weighted by Crippen LogP contribution is -2.12. The van der Waals surface area contributed by atoms with Crippen LogP contribution >= 0.6 is 0 Å². The van der Waals surface area contributed by atoms with Crippen LogP contribution in [0.15, 0.2) is 24.5 Å². The number of imidazole rings is 1. The third-order valence-electron chi connectivity index (χ3n) is 3.01. The highest BCUT2D eigenvalue weighted by Gasteiger charge is 2.18. The Labute approximate surface area is 87.5 Å². The van der Waals surface area contributed by atoms with Crippen molar-refractivity contribution in [2.45, 2.75) is 12.5 Å². The summed E-state index contributed by atoms with van der Waals surface area (Å²) in [6, 6.07) is 6.00. The summed E-state index contributed by atoms with van der Waals surface area (Å²) in [7, 11) is 0. The van der Waals surface area contributed by atoms with E-state index in [2.05, 4.69) is 14.9 Å². The molecule has 0 radical (unpaired) electrons. The molecule has 0 spiro atoms. The van der Waals surface area contributed by atoms with E-state index in [9.17, 15) is 5.11 Å². The van der Waals surface area contributed by atoms with Gasteiger partial charge in [-0.15, -0.1) is 0 Å². The van der Waals surface area contributed by atoms with Crippen LogP contribution in [0.3, 0.4) is 0 Å². The van der Waals surface area contributed by atoms with Gasteiger partial charge in [0, 0.05) is 12.6 Å². The molecule has 0 aliphatic carbocycles. The second kappa shape index (κ2) is 3.24. The monoisotopic (exact) mass is 203 g/mol. The van der Waals surface area contributed by atoms with E-state index in [1.165, 1.54) is 0 Å². The van der Waals surface area contributed by atoms with Crippen LogP contribution in [0.1, 0.15) is 12.5 Å². The molecule has 4 heteroatoms. The Morgan fingerprint density at radius 2 is 2.40 bits per heavy atom. The molecule has 1 aromatic carbocycles. The molecule has 2 aromatic rings. The summed E-state index contributed by atoms with van der Waals surface area (Å²) in [5, 5.41) is 13.0. The zero-order valence-corrected chi connectivity index (χ0v) is 8.35. The SMILES string of the molecule is Oc1cccc2c1ncn2C1CCNC1. The topological polar surface area (TPSA) is 50.1 Å². The molecule has 0 saturated carbocycles. The predicted octanol–water partition coefficient (Wildman–Crippen LogP) is 1.28. The van der Waals surface area contributed by atoms with Crippen LogP contribution in [-0.2, 0) is 0 Å². The number of nitrogens with zero attached hydrogens (tertiary/aromatic N) is 2. The number of aromatic hydroxyl groups is 1. The van der Waals surface area contributed by atoms with Gasteiger partial charge in [0.15, 0.2) is 0 Å². The average molecular weight is 203 g/mol. The van der Waals surface area contributed by atoms with Gasteiger partial charge >= 0.3 is 0 Å². The minimum atomic E-state index is 0.261. The number of rotatable bonds is 1. The number of nitrogens with one attached hydrogen (secondary N) is 1. The fourth-order valence-electron chi connectivity index (χ4n) is 2.21. The van der Waals surface area contributed by atoms with Crippen LogP contribution in [0.25, 0.3) is 11.0 Å². The number of phenols is 1. The van der Waals surface area contributed by atoms with E-state index in [-0.39, 0.29) is 5.75 Å². The van der Waals surface area contributed by atoms with Crippen LogP contribution in [0.5, 0.6) is 5.75 Å². The molecule has 4 nitrogen and oxygen atoms in total. The van der Waals surface area contributed by atoms with Crippen LogP contribution in [-0.4, -0.2) is 27.7 Å². The number of para-hydroxylation sites is 1. The summed E-state index contributed by atoms with van der Waals surface area (Å²) in [5.74, 6) is 0.261. The first-order valence-corrected chi connectivity index (χ1v) is 5.21. The standard InChI is InChI=1S/C11H13N3O/c15-10-3-1-2-9-11(10)13-7-14(9)8-4-5-12-6-8/h1-3,7-8,12,15H,4-6H2. The maximum absolute atomic E-state index is 9.64. The molecule has 1 unspecified atom stereocenters. The van der Waals surface area contributed by atoms with Crippen molar-refractivity contribution in [3.63, 3.8) is 0 Å². The highest BCUT2D eigenvalue weighted by molar-refractivity contribution is 5.81. The van der Waals surface area contributed by atoms with Gasteiger partial charge in [-0.2, -0.15) is 0 Å². The van der Waals surface area contributed by atoms with Crippen molar-refractivity contribution in [2.24, 2.45) is 0 Å². The molecule has 1 saturated heterocycles. The van der Waals surface area contributed by atoms with Crippen molar-refractivity contribution in [3.05, 3.63) is 24.5 Å². The van der Waals surface area contributed by atoms with Gasteiger partial charge in [-0.3, -0.25) is 0 Å². The third-order valence-corrected chi connectivity index (χ3v) is 3.01. The summed E-state index contributed by atoms with van der Waals surface area (Å²) in [6.45, 7) is 2.05. The highest BCUT2D eigenvalue weighted by atomic mass is 16.3. The first-order chi connectivity index (χ1) is 7.36. The summed E-state index contributed by atoms with van der Waals surface area (Å²) in [4.78, 5) is 4.25. The Morgan fingerprint density at radius 3 is 3.20 bits per heavy atom. The maximum atomic E-state index is 9.64. The maximum Gasteiger partial charge on any atom is 0.143 e. The van der Waals surface area contributed by atoms with Crippen LogP contribution in [0.2, 0.25) is 0 Å². The van der Waals surface area contributed by atoms with Gasteiger partial charge in [-0.05, 0) is 25.1 Å². The molecule has 78 valence electrons. The fourth-order valence-corrected chi connectivity index (χ4v) is 2.21. The van der Waals surface area contributed by atoms with Crippen molar-refractivity contribution in [1.82, 2.24) is 14.9 Å². The zero-order chi connectivity index (χ0) is 10.3. The smallest absolute Gasteiger partial charge is 0.143 e. The Morgan fingerprint density at radius 1 is 1.47 bits per heavy atom. The lowest BCUT2D eigenvalue weighted by Gasteiger charge is -2.11. The Kier molecular flexibility index (Phi) is 1.89. The minimum Gasteiger partial charge on any atom is -0.506 e. The van der Waals surface area contributed by atoms with E-state index >= 15 is 0 Å². The molecule has 1 fully saturated rings. The van der Waals surface area contributed by atoms with E-state index in [1.807, 2.05) is 18.5 Å². The number of aromatic nitrogens is 2. The minimum absolute atomic E-state index is 0.261. The van der Waals surface area contributed by atoms with E-state index in [1.54, 1.807) is 6.07 Å². The molecule has 0 bridgehead atoms. The number of phenolic OH excluding ortho intramolecular Hbond substituents is 1. The highest BCUT2D eigenvalue weighted by Crippen LogP contribution is 2.26. The first-order valence-electron chi connectivity index (χ1n) is 5.21. The molecule has 1 atom stereocenters. The van der Waals surface area contributed by atoms with Gasteiger partial charge in [-0.1, -0.05) is 6.07 Å². The lowest BCUT2D eigenvalue weighted by atomic mass is 10.2. The van der Waals surface area contributed by atoms with Gasteiger partial charge in [-0.25, -0.2) is 4.98 Å². The average Bonchev–Trinajstić information content (AvgIpc) is 2.85.